The summed E-state index contributed by atoms with van der Waals surface area (Å²) >= 11 is 1.21. The number of hydrogen-bond donors (Lipinski definition) is 1. The zero-order valence-electron chi connectivity index (χ0n) is 17.2. The van der Waals surface area contributed by atoms with Crippen molar-refractivity contribution in [2.24, 2.45) is 0 Å². The number of carbonyl (C=O) groups excluding carboxylic acids is 2. The number of anilines is 1. The minimum absolute atomic E-state index is 0.197. The van der Waals surface area contributed by atoms with Gasteiger partial charge in [-0.25, -0.2) is 9.18 Å². The van der Waals surface area contributed by atoms with Gasteiger partial charge in [0, 0.05) is 17.0 Å². The molecule has 0 saturated carbocycles. The lowest BCUT2D eigenvalue weighted by Crippen LogP contribution is -2.12. The molecule has 0 spiro atoms. The smallest absolute Gasteiger partial charge is 0.341 e. The van der Waals surface area contributed by atoms with E-state index in [2.05, 4.69) is 5.32 Å². The van der Waals surface area contributed by atoms with E-state index in [4.69, 9.17) is 9.47 Å². The molecule has 1 aromatic heterocycles. The summed E-state index contributed by atoms with van der Waals surface area (Å²) in [5.41, 5.74) is 2.32. The number of nitrogens with one attached hydrogen (secondary N) is 1. The van der Waals surface area contributed by atoms with Gasteiger partial charge in [-0.05, 0) is 55.3 Å². The molecular formula is C24H22FNO4S. The highest BCUT2D eigenvalue weighted by Gasteiger charge is 2.22. The molecule has 5 nitrogen and oxygen atoms in total. The highest BCUT2D eigenvalue weighted by atomic mass is 32.1. The van der Waals surface area contributed by atoms with Crippen LogP contribution in [0.4, 0.5) is 9.39 Å². The molecule has 0 radical (unpaired) electrons. The molecule has 1 heterocycles. The van der Waals surface area contributed by atoms with Gasteiger partial charge < -0.3 is 14.8 Å². The molecule has 7 heteroatoms. The minimum Gasteiger partial charge on any atom is -0.494 e. The lowest BCUT2D eigenvalue weighted by molar-refractivity contribution is -0.111. The fourth-order valence-electron chi connectivity index (χ4n) is 2.87. The number of thiophene rings is 1. The van der Waals surface area contributed by atoms with Gasteiger partial charge in [0.15, 0.2) is 0 Å². The van der Waals surface area contributed by atoms with Gasteiger partial charge in [0.25, 0.3) is 0 Å². The Bertz CT molecular complexity index is 1070. The van der Waals surface area contributed by atoms with Gasteiger partial charge in [-0.1, -0.05) is 24.3 Å². The molecule has 0 aliphatic rings. The van der Waals surface area contributed by atoms with Crippen LogP contribution in [0.15, 0.2) is 60.0 Å². The maximum absolute atomic E-state index is 13.3. The Morgan fingerprint density at radius 3 is 2.39 bits per heavy atom. The molecule has 0 bridgehead atoms. The van der Waals surface area contributed by atoms with E-state index >= 15 is 0 Å². The van der Waals surface area contributed by atoms with Gasteiger partial charge in [-0.15, -0.1) is 11.3 Å². The van der Waals surface area contributed by atoms with Crippen molar-refractivity contribution >= 4 is 34.3 Å². The molecule has 2 aromatic carbocycles. The standard InChI is InChI=1S/C24H22FNO4S/c1-3-29-19-12-5-16(6-13-19)7-14-21(27)26-23-22(24(28)30-4-2)20(15-31-23)17-8-10-18(25)11-9-17/h5-15H,3-4H2,1-2H3,(H,26,27)/b14-7+. The largest absolute Gasteiger partial charge is 0.494 e. The molecular weight excluding hydrogens is 417 g/mol. The summed E-state index contributed by atoms with van der Waals surface area (Å²) in [5.74, 6) is -0.541. The predicted molar refractivity (Wildman–Crippen MR) is 121 cm³/mol. The van der Waals surface area contributed by atoms with Crippen LogP contribution in [0, 0.1) is 5.82 Å². The maximum Gasteiger partial charge on any atom is 0.341 e. The first-order chi connectivity index (χ1) is 15.0. The van der Waals surface area contributed by atoms with Crippen LogP contribution in [-0.4, -0.2) is 25.1 Å². The first kappa shape index (κ1) is 22.2. The second-order valence-electron chi connectivity index (χ2n) is 6.41. The van der Waals surface area contributed by atoms with Crippen molar-refractivity contribution in [2.75, 3.05) is 18.5 Å². The number of halogens is 1. The summed E-state index contributed by atoms with van der Waals surface area (Å²) in [4.78, 5) is 25.0. The summed E-state index contributed by atoms with van der Waals surface area (Å²) in [6.07, 6.45) is 3.06. The molecule has 31 heavy (non-hydrogen) atoms. The van der Waals surface area contributed by atoms with Crippen LogP contribution in [0.5, 0.6) is 5.75 Å². The lowest BCUT2D eigenvalue weighted by atomic mass is 10.0. The van der Waals surface area contributed by atoms with Crippen molar-refractivity contribution in [3.63, 3.8) is 0 Å². The van der Waals surface area contributed by atoms with E-state index in [1.807, 2.05) is 31.2 Å². The first-order valence-corrected chi connectivity index (χ1v) is 10.7. The van der Waals surface area contributed by atoms with E-state index in [0.29, 0.717) is 22.7 Å². The number of esters is 1. The van der Waals surface area contributed by atoms with Crippen molar-refractivity contribution < 1.29 is 23.5 Å². The monoisotopic (exact) mass is 439 g/mol. The predicted octanol–water partition coefficient (Wildman–Crippen LogP) is 5.78. The molecule has 1 amide bonds. The summed E-state index contributed by atoms with van der Waals surface area (Å²) in [5, 5.41) is 4.86. The van der Waals surface area contributed by atoms with Gasteiger partial charge in [0.2, 0.25) is 5.91 Å². The molecule has 0 aliphatic heterocycles. The Kier molecular flexibility index (Phi) is 7.56. The number of rotatable bonds is 8. The summed E-state index contributed by atoms with van der Waals surface area (Å²) < 4.78 is 23.9. The molecule has 160 valence electrons. The summed E-state index contributed by atoms with van der Waals surface area (Å²) in [6, 6.07) is 13.1. The quantitative estimate of drug-likeness (QED) is 0.357. The van der Waals surface area contributed by atoms with Crippen LogP contribution < -0.4 is 10.1 Å². The number of benzene rings is 2. The topological polar surface area (TPSA) is 64.6 Å². The van der Waals surface area contributed by atoms with Crippen LogP contribution >= 0.6 is 11.3 Å². The van der Waals surface area contributed by atoms with E-state index in [0.717, 1.165) is 11.3 Å². The number of ether oxygens (including phenoxy) is 2. The third-order valence-electron chi connectivity index (χ3n) is 4.28. The average Bonchev–Trinajstić information content (AvgIpc) is 3.17. The fourth-order valence-corrected chi connectivity index (χ4v) is 3.83. The Morgan fingerprint density at radius 1 is 1.03 bits per heavy atom. The maximum atomic E-state index is 13.3. The third-order valence-corrected chi connectivity index (χ3v) is 5.18. The SMILES string of the molecule is CCOC(=O)c1c(-c2ccc(F)cc2)csc1NC(=O)/C=C/c1ccc(OCC)cc1. The van der Waals surface area contributed by atoms with Crippen molar-refractivity contribution in [1.29, 1.82) is 0 Å². The van der Waals surface area contributed by atoms with Crippen LogP contribution in [0.2, 0.25) is 0 Å². The van der Waals surface area contributed by atoms with Crippen LogP contribution in [-0.2, 0) is 9.53 Å². The number of amides is 1. The van der Waals surface area contributed by atoms with E-state index in [-0.39, 0.29) is 23.9 Å². The van der Waals surface area contributed by atoms with Gasteiger partial charge in [-0.2, -0.15) is 0 Å². The van der Waals surface area contributed by atoms with E-state index < -0.39 is 5.97 Å². The minimum atomic E-state index is -0.547. The summed E-state index contributed by atoms with van der Waals surface area (Å²) in [6.45, 7) is 4.40. The van der Waals surface area contributed by atoms with Gasteiger partial charge in [0.05, 0.1) is 13.2 Å². The first-order valence-electron chi connectivity index (χ1n) is 9.78. The molecule has 3 rings (SSSR count). The zero-order chi connectivity index (χ0) is 22.2. The Balaban J connectivity index is 1.80. The fraction of sp³-hybridized carbons (Fsp3) is 0.167. The van der Waals surface area contributed by atoms with Crippen molar-refractivity contribution in [1.82, 2.24) is 0 Å². The second-order valence-corrected chi connectivity index (χ2v) is 7.29. The number of hydrogen-bond acceptors (Lipinski definition) is 5. The lowest BCUT2D eigenvalue weighted by Gasteiger charge is -2.08. The van der Waals surface area contributed by atoms with E-state index in [1.165, 1.54) is 29.5 Å². The zero-order valence-corrected chi connectivity index (χ0v) is 18.0. The Morgan fingerprint density at radius 2 is 1.74 bits per heavy atom. The van der Waals surface area contributed by atoms with E-state index in [1.54, 1.807) is 30.5 Å². The normalized spacial score (nSPS) is 10.8. The number of carbonyl (C=O) groups is 2. The third kappa shape index (κ3) is 5.79. The van der Waals surface area contributed by atoms with E-state index in [9.17, 15) is 14.0 Å². The Hall–Kier alpha value is -3.45. The van der Waals surface area contributed by atoms with Gasteiger partial charge in [0.1, 0.15) is 22.1 Å². The average molecular weight is 440 g/mol. The van der Waals surface area contributed by atoms with Crippen molar-refractivity contribution in [3.05, 3.63) is 76.9 Å². The van der Waals surface area contributed by atoms with Gasteiger partial charge in [-0.3, -0.25) is 4.79 Å². The van der Waals surface area contributed by atoms with Gasteiger partial charge >= 0.3 is 5.97 Å². The molecule has 3 aromatic rings. The van der Waals surface area contributed by atoms with Crippen LogP contribution in [0.25, 0.3) is 17.2 Å². The van der Waals surface area contributed by atoms with Crippen LogP contribution in [0.1, 0.15) is 29.8 Å². The molecule has 0 saturated heterocycles. The molecule has 0 aliphatic carbocycles. The second kappa shape index (κ2) is 10.5. The molecule has 0 unspecified atom stereocenters. The Labute approximate surface area is 184 Å². The van der Waals surface area contributed by atoms with Crippen LogP contribution in [0.3, 0.4) is 0 Å². The van der Waals surface area contributed by atoms with Crippen molar-refractivity contribution in [2.45, 2.75) is 13.8 Å². The molecule has 0 atom stereocenters. The van der Waals surface area contributed by atoms with Crippen molar-refractivity contribution in [3.8, 4) is 16.9 Å². The molecule has 1 N–H and O–H groups in total. The summed E-state index contributed by atoms with van der Waals surface area (Å²) in [7, 11) is 0. The highest BCUT2D eigenvalue weighted by molar-refractivity contribution is 7.15. The highest BCUT2D eigenvalue weighted by Crippen LogP contribution is 2.36. The molecule has 0 fully saturated rings.